The normalized spacial score (nSPS) is 14.2. The summed E-state index contributed by atoms with van der Waals surface area (Å²) in [6.45, 7) is 4.42. The quantitative estimate of drug-likeness (QED) is 0.938. The summed E-state index contributed by atoms with van der Waals surface area (Å²) < 4.78 is 10.6. The van der Waals surface area contributed by atoms with Gasteiger partial charge in [-0.25, -0.2) is 0 Å². The van der Waals surface area contributed by atoms with Crippen LogP contribution in [-0.4, -0.2) is 12.7 Å². The largest absolute Gasteiger partial charge is 0.454 e. The van der Waals surface area contributed by atoms with Crippen molar-refractivity contribution >= 4 is 17.2 Å². The minimum atomic E-state index is -0.0969. The molecule has 21 heavy (non-hydrogen) atoms. The molecular formula is C16H17NO3S. The SMILES string of the molecule is CC(C)[C@H](NC(=O)c1ccc2c(c1)OCO2)c1cccs1. The molecular weight excluding hydrogens is 286 g/mol. The van der Waals surface area contributed by atoms with Gasteiger partial charge in [-0.2, -0.15) is 0 Å². The molecule has 1 aromatic carbocycles. The number of fused-ring (bicyclic) bond motifs is 1. The van der Waals surface area contributed by atoms with Crippen molar-refractivity contribution in [1.29, 1.82) is 0 Å². The molecule has 0 radical (unpaired) electrons. The highest BCUT2D eigenvalue weighted by molar-refractivity contribution is 7.10. The van der Waals surface area contributed by atoms with Gasteiger partial charge in [-0.05, 0) is 35.6 Å². The van der Waals surface area contributed by atoms with Gasteiger partial charge in [0, 0.05) is 10.4 Å². The molecule has 3 rings (SSSR count). The van der Waals surface area contributed by atoms with Crippen LogP contribution in [0.3, 0.4) is 0 Å². The first kappa shape index (κ1) is 13.9. The zero-order chi connectivity index (χ0) is 14.8. The first-order valence-corrected chi connectivity index (χ1v) is 7.77. The van der Waals surface area contributed by atoms with Crippen LogP contribution in [0.25, 0.3) is 0 Å². The van der Waals surface area contributed by atoms with E-state index in [2.05, 4.69) is 25.2 Å². The van der Waals surface area contributed by atoms with E-state index in [0.29, 0.717) is 23.0 Å². The Labute approximate surface area is 127 Å². The summed E-state index contributed by atoms with van der Waals surface area (Å²) in [6, 6.07) is 9.32. The zero-order valence-corrected chi connectivity index (χ0v) is 12.8. The third-order valence-corrected chi connectivity index (χ3v) is 4.39. The molecule has 1 aliphatic heterocycles. The Kier molecular flexibility index (Phi) is 3.84. The van der Waals surface area contributed by atoms with E-state index < -0.39 is 0 Å². The van der Waals surface area contributed by atoms with Crippen LogP contribution >= 0.6 is 11.3 Å². The lowest BCUT2D eigenvalue weighted by Crippen LogP contribution is -2.31. The lowest BCUT2D eigenvalue weighted by atomic mass is 10.0. The molecule has 1 N–H and O–H groups in total. The van der Waals surface area contributed by atoms with Crippen molar-refractivity contribution in [1.82, 2.24) is 5.32 Å². The maximum Gasteiger partial charge on any atom is 0.251 e. The molecule has 2 aromatic rings. The van der Waals surface area contributed by atoms with E-state index >= 15 is 0 Å². The van der Waals surface area contributed by atoms with Gasteiger partial charge in [0.05, 0.1) is 6.04 Å². The first-order valence-electron chi connectivity index (χ1n) is 6.89. The van der Waals surface area contributed by atoms with Crippen molar-refractivity contribution < 1.29 is 14.3 Å². The molecule has 0 saturated heterocycles. The second kappa shape index (κ2) is 5.77. The fraction of sp³-hybridized carbons (Fsp3) is 0.312. The number of hydrogen-bond acceptors (Lipinski definition) is 4. The van der Waals surface area contributed by atoms with Gasteiger partial charge in [0.25, 0.3) is 5.91 Å². The van der Waals surface area contributed by atoms with Gasteiger partial charge in [-0.3, -0.25) is 4.79 Å². The smallest absolute Gasteiger partial charge is 0.251 e. The highest BCUT2D eigenvalue weighted by Crippen LogP contribution is 2.33. The number of rotatable bonds is 4. The average molecular weight is 303 g/mol. The Hall–Kier alpha value is -2.01. The van der Waals surface area contributed by atoms with Gasteiger partial charge in [0.15, 0.2) is 11.5 Å². The topological polar surface area (TPSA) is 47.6 Å². The van der Waals surface area contributed by atoms with Crippen LogP contribution in [-0.2, 0) is 0 Å². The van der Waals surface area contributed by atoms with Crippen LogP contribution in [0.5, 0.6) is 11.5 Å². The molecule has 5 heteroatoms. The van der Waals surface area contributed by atoms with Crippen molar-refractivity contribution in [2.24, 2.45) is 5.92 Å². The van der Waals surface area contributed by atoms with Crippen LogP contribution in [0.15, 0.2) is 35.7 Å². The maximum atomic E-state index is 12.5. The lowest BCUT2D eigenvalue weighted by molar-refractivity contribution is 0.0926. The number of nitrogens with one attached hydrogen (secondary N) is 1. The second-order valence-corrected chi connectivity index (χ2v) is 6.26. The highest BCUT2D eigenvalue weighted by Gasteiger charge is 2.21. The van der Waals surface area contributed by atoms with E-state index in [0.717, 1.165) is 0 Å². The average Bonchev–Trinajstić information content (AvgIpc) is 3.14. The molecule has 0 spiro atoms. The van der Waals surface area contributed by atoms with Crippen LogP contribution in [0.1, 0.15) is 35.1 Å². The molecule has 0 aliphatic carbocycles. The van der Waals surface area contributed by atoms with Crippen molar-refractivity contribution in [2.45, 2.75) is 19.9 Å². The van der Waals surface area contributed by atoms with E-state index in [1.165, 1.54) is 4.88 Å². The minimum absolute atomic E-state index is 0.0166. The fourth-order valence-electron chi connectivity index (χ4n) is 2.30. The molecule has 4 nitrogen and oxygen atoms in total. The summed E-state index contributed by atoms with van der Waals surface area (Å²) in [5.74, 6) is 1.53. The molecule has 110 valence electrons. The third kappa shape index (κ3) is 2.88. The molecule has 1 aromatic heterocycles. The minimum Gasteiger partial charge on any atom is -0.454 e. The first-order chi connectivity index (χ1) is 10.1. The summed E-state index contributed by atoms with van der Waals surface area (Å²) in [7, 11) is 0. The summed E-state index contributed by atoms with van der Waals surface area (Å²) in [4.78, 5) is 13.6. The van der Waals surface area contributed by atoms with Gasteiger partial charge in [0.1, 0.15) is 0 Å². The van der Waals surface area contributed by atoms with E-state index in [-0.39, 0.29) is 18.7 Å². The number of carbonyl (C=O) groups excluding carboxylic acids is 1. The number of thiophene rings is 1. The summed E-state index contributed by atoms with van der Waals surface area (Å²) in [5.41, 5.74) is 0.585. The zero-order valence-electron chi connectivity index (χ0n) is 12.0. The van der Waals surface area contributed by atoms with Crippen molar-refractivity contribution in [3.63, 3.8) is 0 Å². The van der Waals surface area contributed by atoms with Crippen LogP contribution < -0.4 is 14.8 Å². The van der Waals surface area contributed by atoms with E-state index in [4.69, 9.17) is 9.47 Å². The Morgan fingerprint density at radius 2 is 2.05 bits per heavy atom. The molecule has 2 heterocycles. The van der Waals surface area contributed by atoms with Crippen molar-refractivity contribution in [3.05, 3.63) is 46.2 Å². The van der Waals surface area contributed by atoms with E-state index in [9.17, 15) is 4.79 Å². The highest BCUT2D eigenvalue weighted by atomic mass is 32.1. The predicted molar refractivity (Wildman–Crippen MR) is 81.9 cm³/mol. The number of benzene rings is 1. The monoisotopic (exact) mass is 303 g/mol. The van der Waals surface area contributed by atoms with E-state index in [1.807, 2.05) is 11.4 Å². The van der Waals surface area contributed by atoms with Crippen LogP contribution in [0.2, 0.25) is 0 Å². The molecule has 0 saturated carbocycles. The Bertz CT molecular complexity index is 637. The summed E-state index contributed by atoms with van der Waals surface area (Å²) >= 11 is 1.66. The third-order valence-electron chi connectivity index (χ3n) is 3.44. The maximum absolute atomic E-state index is 12.5. The Balaban J connectivity index is 1.78. The van der Waals surface area contributed by atoms with Gasteiger partial charge >= 0.3 is 0 Å². The summed E-state index contributed by atoms with van der Waals surface area (Å²) in [5, 5.41) is 5.13. The van der Waals surface area contributed by atoms with Crippen LogP contribution in [0.4, 0.5) is 0 Å². The molecule has 1 aliphatic rings. The molecule has 1 atom stereocenters. The van der Waals surface area contributed by atoms with Gasteiger partial charge < -0.3 is 14.8 Å². The van der Waals surface area contributed by atoms with Crippen molar-refractivity contribution in [2.75, 3.05) is 6.79 Å². The second-order valence-electron chi connectivity index (χ2n) is 5.28. The van der Waals surface area contributed by atoms with Crippen LogP contribution in [0, 0.1) is 5.92 Å². The number of hydrogen-bond donors (Lipinski definition) is 1. The molecule has 0 fully saturated rings. The Morgan fingerprint density at radius 1 is 1.24 bits per heavy atom. The standard InChI is InChI=1S/C16H17NO3S/c1-10(2)15(14-4-3-7-21-14)17-16(18)11-5-6-12-13(8-11)20-9-19-12/h3-8,10,15H,9H2,1-2H3,(H,17,18)/t15-/m0/s1. The number of amides is 1. The van der Waals surface area contributed by atoms with Gasteiger partial charge in [-0.1, -0.05) is 19.9 Å². The van der Waals surface area contributed by atoms with E-state index in [1.54, 1.807) is 29.5 Å². The fourth-order valence-corrected chi connectivity index (χ4v) is 3.25. The molecule has 0 bridgehead atoms. The number of carbonyl (C=O) groups is 1. The molecule has 1 amide bonds. The number of ether oxygens (including phenoxy) is 2. The molecule has 0 unspecified atom stereocenters. The Morgan fingerprint density at radius 3 is 2.76 bits per heavy atom. The lowest BCUT2D eigenvalue weighted by Gasteiger charge is -2.21. The van der Waals surface area contributed by atoms with Gasteiger partial charge in [0.2, 0.25) is 6.79 Å². The van der Waals surface area contributed by atoms with Crippen molar-refractivity contribution in [3.8, 4) is 11.5 Å². The van der Waals surface area contributed by atoms with Gasteiger partial charge in [-0.15, -0.1) is 11.3 Å². The summed E-state index contributed by atoms with van der Waals surface area (Å²) in [6.07, 6.45) is 0. The predicted octanol–water partition coefficient (Wildman–Crippen LogP) is 3.60.